The average Bonchev–Trinajstić information content (AvgIpc) is 2.91. The summed E-state index contributed by atoms with van der Waals surface area (Å²) in [5.41, 5.74) is 0. The summed E-state index contributed by atoms with van der Waals surface area (Å²) in [6, 6.07) is 0. The van der Waals surface area contributed by atoms with Crippen molar-refractivity contribution >= 4 is 0 Å². The zero-order valence-electron chi connectivity index (χ0n) is 25.0. The number of terminal acetylenes is 2. The number of hydrogen-bond donors (Lipinski definition) is 0. The minimum Gasteiger partial charge on any atom is -0.367 e. The molecule has 0 aliphatic rings. The van der Waals surface area contributed by atoms with Gasteiger partial charge in [-0.15, -0.1) is 24.7 Å². The minimum absolute atomic E-state index is 0.238. The number of ether oxygens (including phenoxy) is 1. The molecular formula is C36H62O. The highest BCUT2D eigenvalue weighted by atomic mass is 16.5. The van der Waals surface area contributed by atoms with Gasteiger partial charge in [0.05, 0.1) is 12.2 Å². The van der Waals surface area contributed by atoms with Gasteiger partial charge >= 0.3 is 0 Å². The molecule has 0 aromatic carbocycles. The van der Waals surface area contributed by atoms with E-state index in [1.165, 1.54) is 128 Å². The standard InChI is InChI=1S/C36H62O/c1-5-9-13-17-21-25-29-33-35(31-27-23-19-15-11-7-3)37-36(32-28-24-20-16-12-8-4)34-30-26-22-18-14-10-6-2/h1-2,27-28,31-32,35-36H,7-26,29-30,33-34H2,3-4H3. The maximum atomic E-state index is 6.77. The van der Waals surface area contributed by atoms with E-state index in [1.54, 1.807) is 0 Å². The zero-order valence-corrected chi connectivity index (χ0v) is 25.0. The fraction of sp³-hybridized carbons (Fsp3) is 0.778. The van der Waals surface area contributed by atoms with E-state index in [1.807, 2.05) is 0 Å². The van der Waals surface area contributed by atoms with Gasteiger partial charge in [-0.05, 0) is 51.4 Å². The van der Waals surface area contributed by atoms with Crippen molar-refractivity contribution in [3.63, 3.8) is 0 Å². The smallest absolute Gasteiger partial charge is 0.0763 e. The molecule has 2 unspecified atom stereocenters. The second-order valence-corrected chi connectivity index (χ2v) is 10.8. The number of rotatable bonds is 28. The predicted molar refractivity (Wildman–Crippen MR) is 167 cm³/mol. The van der Waals surface area contributed by atoms with E-state index in [-0.39, 0.29) is 12.2 Å². The summed E-state index contributed by atoms with van der Waals surface area (Å²) in [6.45, 7) is 4.56. The molecule has 0 aliphatic carbocycles. The molecule has 0 saturated heterocycles. The maximum absolute atomic E-state index is 6.77. The monoisotopic (exact) mass is 510 g/mol. The first-order chi connectivity index (χ1) is 18.3. The Morgan fingerprint density at radius 2 is 0.892 bits per heavy atom. The van der Waals surface area contributed by atoms with Crippen molar-refractivity contribution in [3.05, 3.63) is 24.3 Å². The molecule has 0 bridgehead atoms. The molecule has 0 radical (unpaired) electrons. The highest BCUT2D eigenvalue weighted by Gasteiger charge is 2.12. The van der Waals surface area contributed by atoms with E-state index in [9.17, 15) is 0 Å². The van der Waals surface area contributed by atoms with Crippen LogP contribution in [0.25, 0.3) is 0 Å². The van der Waals surface area contributed by atoms with Gasteiger partial charge in [-0.2, -0.15) is 0 Å². The minimum atomic E-state index is 0.238. The number of hydrogen-bond acceptors (Lipinski definition) is 1. The van der Waals surface area contributed by atoms with Crippen molar-refractivity contribution in [2.24, 2.45) is 0 Å². The van der Waals surface area contributed by atoms with Gasteiger partial charge in [0.1, 0.15) is 0 Å². The summed E-state index contributed by atoms with van der Waals surface area (Å²) >= 11 is 0. The predicted octanol–water partition coefficient (Wildman–Crippen LogP) is 11.5. The molecular weight excluding hydrogens is 448 g/mol. The molecule has 0 aromatic heterocycles. The van der Waals surface area contributed by atoms with E-state index in [0.29, 0.717) is 0 Å². The summed E-state index contributed by atoms with van der Waals surface area (Å²) in [5, 5.41) is 0. The molecule has 0 rings (SSSR count). The molecule has 1 nitrogen and oxygen atoms in total. The molecule has 0 spiro atoms. The van der Waals surface area contributed by atoms with Gasteiger partial charge < -0.3 is 4.74 Å². The quantitative estimate of drug-likeness (QED) is 0.0577. The molecule has 0 saturated carbocycles. The van der Waals surface area contributed by atoms with E-state index >= 15 is 0 Å². The molecule has 1 heteroatoms. The Bertz CT molecular complexity index is 535. The first kappa shape index (κ1) is 35.6. The fourth-order valence-electron chi connectivity index (χ4n) is 4.72. The van der Waals surface area contributed by atoms with Crippen LogP contribution < -0.4 is 0 Å². The van der Waals surface area contributed by atoms with Gasteiger partial charge in [-0.1, -0.05) is 128 Å². The van der Waals surface area contributed by atoms with Gasteiger partial charge in [-0.25, -0.2) is 0 Å². The topological polar surface area (TPSA) is 9.23 Å². The van der Waals surface area contributed by atoms with Crippen LogP contribution in [0.1, 0.15) is 168 Å². The Morgan fingerprint density at radius 3 is 1.30 bits per heavy atom. The third kappa shape index (κ3) is 27.4. The summed E-state index contributed by atoms with van der Waals surface area (Å²) in [4.78, 5) is 0. The van der Waals surface area contributed by atoms with Crippen LogP contribution in [0.15, 0.2) is 24.3 Å². The van der Waals surface area contributed by atoms with E-state index in [2.05, 4.69) is 50.0 Å². The SMILES string of the molecule is C#CCCCCCCCC(C=CCCCCCC)OC(C=CCCCCCC)CCCCCCCC#C. The van der Waals surface area contributed by atoms with Crippen molar-refractivity contribution in [2.75, 3.05) is 0 Å². The first-order valence-corrected chi connectivity index (χ1v) is 16.1. The van der Waals surface area contributed by atoms with Crippen molar-refractivity contribution in [1.29, 1.82) is 0 Å². The van der Waals surface area contributed by atoms with Crippen LogP contribution in [-0.4, -0.2) is 12.2 Å². The van der Waals surface area contributed by atoms with E-state index < -0.39 is 0 Å². The Labute approximate surface area is 233 Å². The highest BCUT2D eigenvalue weighted by molar-refractivity contribution is 4.95. The largest absolute Gasteiger partial charge is 0.367 e. The Kier molecular flexibility index (Phi) is 29.6. The molecule has 0 aromatic rings. The fourth-order valence-corrected chi connectivity index (χ4v) is 4.72. The van der Waals surface area contributed by atoms with Crippen LogP contribution in [0.5, 0.6) is 0 Å². The molecule has 0 amide bonds. The van der Waals surface area contributed by atoms with Crippen LogP contribution in [0.2, 0.25) is 0 Å². The van der Waals surface area contributed by atoms with Crippen molar-refractivity contribution < 1.29 is 4.74 Å². The highest BCUT2D eigenvalue weighted by Crippen LogP contribution is 2.19. The normalized spacial score (nSPS) is 13.2. The van der Waals surface area contributed by atoms with Crippen molar-refractivity contribution in [3.8, 4) is 24.7 Å². The van der Waals surface area contributed by atoms with Crippen molar-refractivity contribution in [1.82, 2.24) is 0 Å². The van der Waals surface area contributed by atoms with Crippen LogP contribution in [-0.2, 0) is 4.74 Å². The first-order valence-electron chi connectivity index (χ1n) is 16.1. The Hall–Kier alpha value is -1.44. The lowest BCUT2D eigenvalue weighted by Gasteiger charge is -2.21. The van der Waals surface area contributed by atoms with Crippen LogP contribution in [0.4, 0.5) is 0 Å². The molecule has 2 atom stereocenters. The second-order valence-electron chi connectivity index (χ2n) is 10.8. The van der Waals surface area contributed by atoms with Crippen LogP contribution in [0.3, 0.4) is 0 Å². The molecule has 0 N–H and O–H groups in total. The molecule has 212 valence electrons. The van der Waals surface area contributed by atoms with E-state index in [4.69, 9.17) is 17.6 Å². The average molecular weight is 511 g/mol. The third-order valence-corrected chi connectivity index (χ3v) is 7.12. The second kappa shape index (κ2) is 30.8. The molecule has 0 fully saturated rings. The van der Waals surface area contributed by atoms with Crippen LogP contribution in [0, 0.1) is 24.7 Å². The van der Waals surface area contributed by atoms with Crippen LogP contribution >= 0.6 is 0 Å². The van der Waals surface area contributed by atoms with Gasteiger partial charge in [0, 0.05) is 12.8 Å². The summed E-state index contributed by atoms with van der Waals surface area (Å²) in [7, 11) is 0. The molecule has 0 aliphatic heterocycles. The lowest BCUT2D eigenvalue weighted by molar-refractivity contribution is 0.0292. The van der Waals surface area contributed by atoms with Gasteiger partial charge in [0.15, 0.2) is 0 Å². The lowest BCUT2D eigenvalue weighted by Crippen LogP contribution is -2.19. The van der Waals surface area contributed by atoms with Gasteiger partial charge in [-0.3, -0.25) is 0 Å². The van der Waals surface area contributed by atoms with Crippen molar-refractivity contribution in [2.45, 2.75) is 180 Å². The maximum Gasteiger partial charge on any atom is 0.0763 e. The molecule has 0 heterocycles. The number of allylic oxidation sites excluding steroid dienone is 2. The van der Waals surface area contributed by atoms with Gasteiger partial charge in [0.2, 0.25) is 0 Å². The summed E-state index contributed by atoms with van der Waals surface area (Å²) < 4.78 is 6.77. The number of unbranched alkanes of at least 4 members (excludes halogenated alkanes) is 18. The van der Waals surface area contributed by atoms with E-state index in [0.717, 1.165) is 25.7 Å². The summed E-state index contributed by atoms with van der Waals surface area (Å²) in [5.74, 6) is 5.52. The zero-order chi connectivity index (χ0) is 27.1. The van der Waals surface area contributed by atoms with Gasteiger partial charge in [0.25, 0.3) is 0 Å². The summed E-state index contributed by atoms with van der Waals surface area (Å²) in [6.07, 6.45) is 50.3. The Balaban J connectivity index is 4.82. The molecule has 37 heavy (non-hydrogen) atoms. The Morgan fingerprint density at radius 1 is 0.514 bits per heavy atom. The lowest BCUT2D eigenvalue weighted by atomic mass is 10.0. The third-order valence-electron chi connectivity index (χ3n) is 7.12.